The van der Waals surface area contributed by atoms with Gasteiger partial charge < -0.3 is 20.2 Å². The lowest BCUT2D eigenvalue weighted by Crippen LogP contribution is -2.37. The van der Waals surface area contributed by atoms with Crippen LogP contribution in [0.25, 0.3) is 21.8 Å². The molecule has 2 heterocycles. The van der Waals surface area contributed by atoms with E-state index < -0.39 is 11.4 Å². The van der Waals surface area contributed by atoms with Crippen molar-refractivity contribution in [2.75, 3.05) is 26.2 Å². The Hall–Kier alpha value is -4.25. The number of rotatable bonds is 13. The largest absolute Gasteiger partial charge is 0.343 e. The number of hydrogen-bond acceptors (Lipinski definition) is 6. The average Bonchev–Trinajstić information content (AvgIpc) is 2.92. The molecular weight excluding hydrogens is 500 g/mol. The van der Waals surface area contributed by atoms with Gasteiger partial charge in [0.2, 0.25) is 5.91 Å². The van der Waals surface area contributed by atoms with Crippen LogP contribution in [0.15, 0.2) is 67.7 Å². The summed E-state index contributed by atoms with van der Waals surface area (Å²) in [6.07, 6.45) is 2.78. The molecule has 0 aliphatic carbocycles. The van der Waals surface area contributed by atoms with Gasteiger partial charge in [-0.05, 0) is 63.0 Å². The van der Waals surface area contributed by atoms with Crippen molar-refractivity contribution in [3.63, 3.8) is 0 Å². The van der Waals surface area contributed by atoms with Gasteiger partial charge in [0.15, 0.2) is 0 Å². The van der Waals surface area contributed by atoms with Crippen molar-refractivity contribution < 1.29 is 4.79 Å². The molecule has 0 radical (unpaired) electrons. The molecular formula is C28H34N6O5. The first-order chi connectivity index (χ1) is 18.9. The summed E-state index contributed by atoms with van der Waals surface area (Å²) in [5.41, 5.74) is -0.414. The summed E-state index contributed by atoms with van der Waals surface area (Å²) < 4.78 is 2.42. The summed E-state index contributed by atoms with van der Waals surface area (Å²) in [5, 5.41) is 4.28. The third-order valence-corrected chi connectivity index (χ3v) is 6.80. The van der Waals surface area contributed by atoms with Crippen LogP contribution in [0.5, 0.6) is 0 Å². The number of aromatic nitrogens is 4. The fourth-order valence-corrected chi connectivity index (χ4v) is 4.69. The second-order valence-electron chi connectivity index (χ2n) is 9.54. The summed E-state index contributed by atoms with van der Waals surface area (Å²) in [7, 11) is 0. The van der Waals surface area contributed by atoms with E-state index in [-0.39, 0.29) is 23.6 Å². The molecule has 206 valence electrons. The van der Waals surface area contributed by atoms with Crippen LogP contribution in [0.3, 0.4) is 0 Å². The van der Waals surface area contributed by atoms with Crippen molar-refractivity contribution in [2.45, 2.75) is 45.7 Å². The number of unbranched alkanes of at least 4 members (excludes halogenated alkanes) is 1. The van der Waals surface area contributed by atoms with Crippen molar-refractivity contribution in [1.82, 2.24) is 29.3 Å². The standard InChI is InChI=1S/C28H34N6O5/c1-20(35)32(17-9-19-34-26(37)22-11-3-5-13-24(22)31-28(34)39)16-7-6-14-29-15-8-18-33-25(36)21-10-2-4-12-23(21)30-27(33)38/h2-5,10-13,29H,6-9,14-19H2,1H3,(H,30,38)(H,31,39). The maximum atomic E-state index is 12.7. The molecule has 0 spiro atoms. The average molecular weight is 535 g/mol. The number of carbonyl (C=O) groups excluding carboxylic acids is 1. The van der Waals surface area contributed by atoms with E-state index in [1.807, 2.05) is 0 Å². The first-order valence-electron chi connectivity index (χ1n) is 13.3. The van der Waals surface area contributed by atoms with Gasteiger partial charge in [0.25, 0.3) is 11.1 Å². The molecule has 2 aromatic carbocycles. The van der Waals surface area contributed by atoms with Gasteiger partial charge in [0.1, 0.15) is 0 Å². The molecule has 0 atom stereocenters. The Morgan fingerprint density at radius 3 is 1.77 bits per heavy atom. The first kappa shape index (κ1) is 27.8. The molecule has 0 bridgehead atoms. The number of hydrogen-bond donors (Lipinski definition) is 3. The molecule has 0 saturated heterocycles. The van der Waals surface area contributed by atoms with Gasteiger partial charge in [-0.25, -0.2) is 9.59 Å². The molecule has 0 saturated carbocycles. The minimum Gasteiger partial charge on any atom is -0.343 e. The van der Waals surface area contributed by atoms with E-state index in [2.05, 4.69) is 15.3 Å². The van der Waals surface area contributed by atoms with E-state index in [4.69, 9.17) is 0 Å². The van der Waals surface area contributed by atoms with E-state index >= 15 is 0 Å². The molecule has 1 amide bonds. The minimum atomic E-state index is -0.450. The van der Waals surface area contributed by atoms with Gasteiger partial charge in [-0.15, -0.1) is 0 Å². The third kappa shape index (κ3) is 6.80. The van der Waals surface area contributed by atoms with E-state index in [0.717, 1.165) is 19.4 Å². The molecule has 0 aliphatic rings. The number of benzene rings is 2. The predicted octanol–water partition coefficient (Wildman–Crippen LogP) is 1.39. The third-order valence-electron chi connectivity index (χ3n) is 6.80. The molecule has 11 nitrogen and oxygen atoms in total. The summed E-state index contributed by atoms with van der Waals surface area (Å²) in [5.74, 6) is -0.0474. The fraction of sp³-hybridized carbons (Fsp3) is 0.393. The number of aromatic amines is 2. The summed E-state index contributed by atoms with van der Waals surface area (Å²) in [6, 6.07) is 13.9. The van der Waals surface area contributed by atoms with E-state index in [9.17, 15) is 24.0 Å². The predicted molar refractivity (Wildman–Crippen MR) is 151 cm³/mol. The van der Waals surface area contributed by atoms with Crippen LogP contribution in [0.1, 0.15) is 32.6 Å². The maximum Gasteiger partial charge on any atom is 0.328 e. The van der Waals surface area contributed by atoms with Gasteiger partial charge in [-0.1, -0.05) is 24.3 Å². The number of para-hydroxylation sites is 2. The number of carbonyl (C=O) groups is 1. The first-order valence-corrected chi connectivity index (χ1v) is 13.3. The lowest BCUT2D eigenvalue weighted by atomic mass is 10.2. The Morgan fingerprint density at radius 1 is 0.718 bits per heavy atom. The highest BCUT2D eigenvalue weighted by molar-refractivity contribution is 5.77. The summed E-state index contributed by atoms with van der Waals surface area (Å²) >= 11 is 0. The molecule has 0 unspecified atom stereocenters. The molecule has 0 fully saturated rings. The highest BCUT2D eigenvalue weighted by Gasteiger charge is 2.11. The highest BCUT2D eigenvalue weighted by Crippen LogP contribution is 2.05. The Kier molecular flexibility index (Phi) is 9.27. The van der Waals surface area contributed by atoms with Gasteiger partial charge >= 0.3 is 11.4 Å². The van der Waals surface area contributed by atoms with Gasteiger partial charge in [-0.2, -0.15) is 0 Å². The zero-order valence-electron chi connectivity index (χ0n) is 22.1. The van der Waals surface area contributed by atoms with E-state index in [1.54, 1.807) is 53.4 Å². The van der Waals surface area contributed by atoms with Crippen LogP contribution in [-0.2, 0) is 17.9 Å². The highest BCUT2D eigenvalue weighted by atomic mass is 16.2. The van der Waals surface area contributed by atoms with Crippen LogP contribution >= 0.6 is 0 Å². The van der Waals surface area contributed by atoms with Crippen molar-refractivity contribution >= 4 is 27.7 Å². The molecule has 2 aromatic heterocycles. The summed E-state index contributed by atoms with van der Waals surface area (Å²) in [4.78, 5) is 69.1. The summed E-state index contributed by atoms with van der Waals surface area (Å²) in [6.45, 7) is 4.52. The molecule has 0 aliphatic heterocycles. The van der Waals surface area contributed by atoms with Gasteiger partial charge in [-0.3, -0.25) is 23.5 Å². The number of nitrogens with one attached hydrogen (secondary N) is 3. The van der Waals surface area contributed by atoms with Crippen molar-refractivity contribution in [2.24, 2.45) is 0 Å². The van der Waals surface area contributed by atoms with Crippen LogP contribution in [0, 0.1) is 0 Å². The topological polar surface area (TPSA) is 142 Å². The fourth-order valence-electron chi connectivity index (χ4n) is 4.69. The molecule has 39 heavy (non-hydrogen) atoms. The van der Waals surface area contributed by atoms with Crippen LogP contribution < -0.4 is 27.8 Å². The Morgan fingerprint density at radius 2 is 1.21 bits per heavy atom. The Balaban J connectivity index is 1.16. The monoisotopic (exact) mass is 534 g/mol. The SMILES string of the molecule is CC(=O)N(CCCCNCCCn1c(=O)[nH]c2ccccc2c1=O)CCCn1c(=O)[nH]c2ccccc2c1=O. The zero-order valence-corrected chi connectivity index (χ0v) is 22.1. The number of H-pyrrole nitrogens is 2. The lowest BCUT2D eigenvalue weighted by molar-refractivity contribution is -0.129. The van der Waals surface area contributed by atoms with Crippen LogP contribution in [0.4, 0.5) is 0 Å². The smallest absolute Gasteiger partial charge is 0.328 e. The second kappa shape index (κ2) is 13.0. The maximum absolute atomic E-state index is 12.7. The Bertz CT molecular complexity index is 1680. The normalized spacial score (nSPS) is 11.3. The molecule has 3 N–H and O–H groups in total. The van der Waals surface area contributed by atoms with Crippen LogP contribution in [-0.4, -0.2) is 56.1 Å². The van der Waals surface area contributed by atoms with Crippen molar-refractivity contribution in [3.8, 4) is 0 Å². The lowest BCUT2D eigenvalue weighted by Gasteiger charge is -2.21. The molecule has 4 aromatic rings. The van der Waals surface area contributed by atoms with E-state index in [0.29, 0.717) is 60.8 Å². The minimum absolute atomic E-state index is 0.0474. The number of nitrogens with zero attached hydrogens (tertiary/aromatic N) is 3. The van der Waals surface area contributed by atoms with Gasteiger partial charge in [0.05, 0.1) is 21.8 Å². The van der Waals surface area contributed by atoms with Gasteiger partial charge in [0, 0.05) is 33.1 Å². The van der Waals surface area contributed by atoms with Crippen LogP contribution in [0.2, 0.25) is 0 Å². The zero-order chi connectivity index (χ0) is 27.8. The van der Waals surface area contributed by atoms with Crippen molar-refractivity contribution in [3.05, 3.63) is 90.2 Å². The van der Waals surface area contributed by atoms with Crippen molar-refractivity contribution in [1.29, 1.82) is 0 Å². The Labute approximate surface area is 224 Å². The second-order valence-corrected chi connectivity index (χ2v) is 9.54. The van der Waals surface area contributed by atoms with E-state index in [1.165, 1.54) is 16.1 Å². The molecule has 4 rings (SSSR count). The number of fused-ring (bicyclic) bond motifs is 2. The molecule has 11 heteroatoms. The number of amides is 1. The quantitative estimate of drug-likeness (QED) is 0.221.